The second-order valence-corrected chi connectivity index (χ2v) is 2.78. The lowest BCUT2D eigenvalue weighted by atomic mass is 10.3. The fraction of sp³-hybridized carbons (Fsp3) is 0.200. The molecule has 0 saturated heterocycles. The SMILES string of the molecule is N/C=C(\C=C(N)N)CS(=O)O. The zero-order chi connectivity index (χ0) is 8.85. The maximum Gasteiger partial charge on any atom is 0.157 e. The topological polar surface area (TPSA) is 115 Å². The molecule has 0 rings (SSSR count). The molecule has 0 aromatic heterocycles. The van der Waals surface area contributed by atoms with Gasteiger partial charge >= 0.3 is 0 Å². The molecule has 0 amide bonds. The van der Waals surface area contributed by atoms with Gasteiger partial charge in [0.05, 0.1) is 11.6 Å². The van der Waals surface area contributed by atoms with E-state index in [0.717, 1.165) is 0 Å². The van der Waals surface area contributed by atoms with Crippen molar-refractivity contribution in [3.05, 3.63) is 23.7 Å². The minimum Gasteiger partial charge on any atom is -0.404 e. The normalized spacial score (nSPS) is 14.1. The Kier molecular flexibility index (Phi) is 4.32. The molecule has 0 heterocycles. The molecular weight excluding hydrogens is 166 g/mol. The van der Waals surface area contributed by atoms with Crippen LogP contribution < -0.4 is 17.2 Å². The van der Waals surface area contributed by atoms with E-state index in [2.05, 4.69) is 0 Å². The van der Waals surface area contributed by atoms with Gasteiger partial charge in [0.2, 0.25) is 0 Å². The molecule has 11 heavy (non-hydrogen) atoms. The molecule has 0 bridgehead atoms. The van der Waals surface area contributed by atoms with E-state index >= 15 is 0 Å². The first-order valence-electron chi connectivity index (χ1n) is 2.77. The first kappa shape index (κ1) is 9.99. The van der Waals surface area contributed by atoms with E-state index in [4.69, 9.17) is 21.8 Å². The summed E-state index contributed by atoms with van der Waals surface area (Å²) in [6.07, 6.45) is 2.53. The van der Waals surface area contributed by atoms with Crippen molar-refractivity contribution in [2.45, 2.75) is 0 Å². The largest absolute Gasteiger partial charge is 0.404 e. The van der Waals surface area contributed by atoms with Gasteiger partial charge in [-0.25, -0.2) is 4.21 Å². The van der Waals surface area contributed by atoms with Crippen LogP contribution in [0.2, 0.25) is 0 Å². The molecule has 64 valence electrons. The molecule has 0 fully saturated rings. The number of nitrogens with two attached hydrogens (primary N) is 3. The van der Waals surface area contributed by atoms with Gasteiger partial charge in [0, 0.05) is 0 Å². The van der Waals surface area contributed by atoms with Crippen LogP contribution in [0.1, 0.15) is 0 Å². The highest BCUT2D eigenvalue weighted by molar-refractivity contribution is 7.79. The zero-order valence-corrected chi connectivity index (χ0v) is 6.67. The van der Waals surface area contributed by atoms with Crippen LogP contribution in [0.4, 0.5) is 0 Å². The molecule has 7 N–H and O–H groups in total. The highest BCUT2D eigenvalue weighted by atomic mass is 32.2. The molecule has 1 unspecified atom stereocenters. The summed E-state index contributed by atoms with van der Waals surface area (Å²) in [7, 11) is 0. The summed E-state index contributed by atoms with van der Waals surface area (Å²) in [5, 5.41) is 0. The standard InChI is InChI=1S/C5H11N3O2S/c6-2-4(1-5(7)8)3-11(9)10/h1-2H,3,6-8H2,(H,9,10)/b4-2+. The lowest BCUT2D eigenvalue weighted by molar-refractivity contribution is 0.567. The van der Waals surface area contributed by atoms with Gasteiger partial charge in [-0.2, -0.15) is 0 Å². The molecule has 0 aromatic carbocycles. The Morgan fingerprint density at radius 1 is 1.55 bits per heavy atom. The first-order chi connectivity index (χ1) is 5.06. The smallest absolute Gasteiger partial charge is 0.157 e. The third kappa shape index (κ3) is 5.43. The number of hydrogen-bond donors (Lipinski definition) is 4. The lowest BCUT2D eigenvalue weighted by Crippen LogP contribution is -2.10. The van der Waals surface area contributed by atoms with Crippen molar-refractivity contribution >= 4 is 11.1 Å². The average Bonchev–Trinajstić information content (AvgIpc) is 1.84. The predicted octanol–water partition coefficient (Wildman–Crippen LogP) is -1.19. The molecule has 1 atom stereocenters. The van der Waals surface area contributed by atoms with E-state index in [0.29, 0.717) is 5.57 Å². The molecular formula is C5H11N3O2S. The van der Waals surface area contributed by atoms with Crippen LogP contribution in [0.25, 0.3) is 0 Å². The second-order valence-electron chi connectivity index (χ2n) is 1.85. The van der Waals surface area contributed by atoms with Crippen LogP contribution in [0.15, 0.2) is 23.7 Å². The first-order valence-corrected chi connectivity index (χ1v) is 4.04. The van der Waals surface area contributed by atoms with Crippen LogP contribution in [0, 0.1) is 0 Å². The van der Waals surface area contributed by atoms with Crippen molar-refractivity contribution in [3.63, 3.8) is 0 Å². The maximum atomic E-state index is 10.3. The molecule has 0 spiro atoms. The second kappa shape index (κ2) is 4.75. The fourth-order valence-electron chi connectivity index (χ4n) is 0.495. The maximum absolute atomic E-state index is 10.3. The summed E-state index contributed by atoms with van der Waals surface area (Å²) in [4.78, 5) is 0. The summed E-state index contributed by atoms with van der Waals surface area (Å²) >= 11 is -1.92. The Morgan fingerprint density at radius 2 is 2.09 bits per heavy atom. The Bertz CT molecular complexity index is 208. The van der Waals surface area contributed by atoms with Crippen molar-refractivity contribution in [1.82, 2.24) is 0 Å². The molecule has 0 saturated carbocycles. The van der Waals surface area contributed by atoms with Gasteiger partial charge in [0.15, 0.2) is 11.1 Å². The van der Waals surface area contributed by atoms with Gasteiger partial charge < -0.3 is 21.8 Å². The zero-order valence-electron chi connectivity index (χ0n) is 5.86. The van der Waals surface area contributed by atoms with Crippen LogP contribution in [0.3, 0.4) is 0 Å². The van der Waals surface area contributed by atoms with E-state index in [1.807, 2.05) is 0 Å². The fourth-order valence-corrected chi connectivity index (χ4v) is 0.959. The summed E-state index contributed by atoms with van der Waals surface area (Å²) < 4.78 is 18.7. The Morgan fingerprint density at radius 3 is 2.36 bits per heavy atom. The number of hydrogen-bond acceptors (Lipinski definition) is 4. The van der Waals surface area contributed by atoms with Gasteiger partial charge in [-0.15, -0.1) is 0 Å². The monoisotopic (exact) mass is 177 g/mol. The van der Waals surface area contributed by atoms with E-state index < -0.39 is 11.1 Å². The summed E-state index contributed by atoms with van der Waals surface area (Å²) in [5.74, 6) is 0.00106. The molecule has 0 aliphatic rings. The van der Waals surface area contributed by atoms with E-state index in [1.165, 1.54) is 12.3 Å². The summed E-state index contributed by atoms with van der Waals surface area (Å²) in [6.45, 7) is 0. The van der Waals surface area contributed by atoms with Crippen molar-refractivity contribution in [2.75, 3.05) is 5.75 Å². The minimum atomic E-state index is -1.92. The van der Waals surface area contributed by atoms with Crippen LogP contribution >= 0.6 is 0 Å². The average molecular weight is 177 g/mol. The highest BCUT2D eigenvalue weighted by Gasteiger charge is 1.97. The number of allylic oxidation sites excluding steroid dienone is 1. The molecule has 0 radical (unpaired) electrons. The third-order valence-corrected chi connectivity index (χ3v) is 1.44. The summed E-state index contributed by atoms with van der Waals surface area (Å²) in [5.41, 5.74) is 15.8. The quantitative estimate of drug-likeness (QED) is 0.319. The molecule has 0 aliphatic carbocycles. The van der Waals surface area contributed by atoms with Gasteiger partial charge in [0.1, 0.15) is 0 Å². The van der Waals surface area contributed by atoms with Crippen molar-refractivity contribution in [2.24, 2.45) is 17.2 Å². The van der Waals surface area contributed by atoms with Crippen LogP contribution in [-0.2, 0) is 11.1 Å². The van der Waals surface area contributed by atoms with Gasteiger partial charge in [-0.1, -0.05) is 0 Å². The number of rotatable bonds is 3. The molecule has 0 aromatic rings. The minimum absolute atomic E-state index is 0.0611. The molecule has 6 heteroatoms. The van der Waals surface area contributed by atoms with Crippen molar-refractivity contribution in [1.29, 1.82) is 0 Å². The Balaban J connectivity index is 4.22. The lowest BCUT2D eigenvalue weighted by Gasteiger charge is -1.96. The van der Waals surface area contributed by atoms with E-state index in [9.17, 15) is 4.21 Å². The Labute approximate surface area is 67.2 Å². The van der Waals surface area contributed by atoms with Crippen LogP contribution in [0.5, 0.6) is 0 Å². The van der Waals surface area contributed by atoms with E-state index in [-0.39, 0.29) is 11.6 Å². The third-order valence-electron chi connectivity index (χ3n) is 0.856. The Hall–Kier alpha value is -1.01. The molecule has 0 aliphatic heterocycles. The van der Waals surface area contributed by atoms with Crippen LogP contribution in [-0.4, -0.2) is 14.5 Å². The molecule has 5 nitrogen and oxygen atoms in total. The van der Waals surface area contributed by atoms with Gasteiger partial charge in [-0.3, -0.25) is 0 Å². The summed E-state index contributed by atoms with van der Waals surface area (Å²) in [6, 6.07) is 0. The van der Waals surface area contributed by atoms with E-state index in [1.54, 1.807) is 0 Å². The van der Waals surface area contributed by atoms with Gasteiger partial charge in [-0.05, 0) is 17.8 Å². The van der Waals surface area contributed by atoms with Crippen molar-refractivity contribution in [3.8, 4) is 0 Å². The highest BCUT2D eigenvalue weighted by Crippen LogP contribution is 1.96. The van der Waals surface area contributed by atoms with Gasteiger partial charge in [0.25, 0.3) is 0 Å². The van der Waals surface area contributed by atoms with Crippen molar-refractivity contribution < 1.29 is 8.76 Å². The predicted molar refractivity (Wildman–Crippen MR) is 44.4 cm³/mol.